The Morgan fingerprint density at radius 2 is 0.864 bits per heavy atom. The third kappa shape index (κ3) is 43.9. The first-order valence-electron chi connectivity index (χ1n) is 24.9. The zero-order valence-electron chi connectivity index (χ0n) is 39.4. The van der Waals surface area contributed by atoms with E-state index in [2.05, 4.69) is 26.0 Å². The quantitative estimate of drug-likeness (QED) is 0.0212. The number of carboxylic acids is 1. The highest BCUT2D eigenvalue weighted by molar-refractivity contribution is 5.71. The van der Waals surface area contributed by atoms with E-state index in [1.54, 1.807) is 0 Å². The van der Waals surface area contributed by atoms with Gasteiger partial charge in [0.05, 0.1) is 34.4 Å². The molecule has 0 aromatic rings. The van der Waals surface area contributed by atoms with Gasteiger partial charge in [0.1, 0.15) is 13.2 Å². The van der Waals surface area contributed by atoms with Crippen LogP contribution < -0.4 is 0 Å². The maximum atomic E-state index is 12.7. The highest BCUT2D eigenvalue weighted by atomic mass is 16.7. The van der Waals surface area contributed by atoms with Gasteiger partial charge in [0.25, 0.3) is 6.29 Å². The average molecular weight is 839 g/mol. The van der Waals surface area contributed by atoms with Crippen LogP contribution in [0.4, 0.5) is 0 Å². The van der Waals surface area contributed by atoms with Crippen molar-refractivity contribution in [3.05, 3.63) is 12.2 Å². The molecule has 2 atom stereocenters. The molecule has 0 aliphatic heterocycles. The van der Waals surface area contributed by atoms with Crippen molar-refractivity contribution in [3.63, 3.8) is 0 Å². The summed E-state index contributed by atoms with van der Waals surface area (Å²) >= 11 is 0. The molecule has 0 aromatic carbocycles. The van der Waals surface area contributed by atoms with E-state index < -0.39 is 24.3 Å². The average Bonchev–Trinajstić information content (AvgIpc) is 3.19. The molecule has 59 heavy (non-hydrogen) atoms. The van der Waals surface area contributed by atoms with Crippen LogP contribution in [0.2, 0.25) is 0 Å². The summed E-state index contributed by atoms with van der Waals surface area (Å²) in [5.41, 5.74) is 0. The van der Waals surface area contributed by atoms with Gasteiger partial charge in [-0.1, -0.05) is 193 Å². The lowest BCUT2D eigenvalue weighted by Gasteiger charge is -2.25. The lowest BCUT2D eigenvalue weighted by molar-refractivity contribution is -0.870. The van der Waals surface area contributed by atoms with Crippen LogP contribution in [-0.2, 0) is 33.3 Å². The molecule has 0 bridgehead atoms. The predicted octanol–water partition coefficient (Wildman–Crippen LogP) is 13.5. The van der Waals surface area contributed by atoms with E-state index >= 15 is 0 Å². The number of ether oxygens (including phenoxy) is 4. The first-order chi connectivity index (χ1) is 28.6. The van der Waals surface area contributed by atoms with Crippen LogP contribution >= 0.6 is 0 Å². The second-order valence-corrected chi connectivity index (χ2v) is 18.1. The molecule has 0 spiro atoms. The number of aliphatic carboxylic acids is 1. The van der Waals surface area contributed by atoms with Crippen LogP contribution in [0.1, 0.15) is 232 Å². The van der Waals surface area contributed by atoms with Crippen LogP contribution in [0, 0.1) is 0 Å². The number of carbonyl (C=O) groups excluding carboxylic acids is 2. The first kappa shape index (κ1) is 57.0. The van der Waals surface area contributed by atoms with E-state index in [1.165, 1.54) is 148 Å². The molecule has 9 nitrogen and oxygen atoms in total. The van der Waals surface area contributed by atoms with E-state index in [0.29, 0.717) is 23.9 Å². The van der Waals surface area contributed by atoms with Gasteiger partial charge >= 0.3 is 17.9 Å². The van der Waals surface area contributed by atoms with Crippen molar-refractivity contribution in [3.8, 4) is 0 Å². The Bertz CT molecular complexity index is 980. The minimum Gasteiger partial charge on any atom is -0.477 e. The molecule has 0 heterocycles. The van der Waals surface area contributed by atoms with Gasteiger partial charge in [-0.2, -0.15) is 0 Å². The zero-order valence-corrected chi connectivity index (χ0v) is 39.4. The molecule has 2 unspecified atom stereocenters. The first-order valence-corrected chi connectivity index (χ1v) is 24.9. The van der Waals surface area contributed by atoms with Gasteiger partial charge in [0.2, 0.25) is 0 Å². The molecule has 0 saturated heterocycles. The van der Waals surface area contributed by atoms with Gasteiger partial charge in [-0.3, -0.25) is 9.59 Å². The normalized spacial score (nSPS) is 12.9. The molecular formula is C50H96NO8+. The summed E-state index contributed by atoms with van der Waals surface area (Å²) in [7, 11) is 5.96. The Morgan fingerprint density at radius 3 is 1.29 bits per heavy atom. The number of esters is 2. The largest absolute Gasteiger partial charge is 0.477 e. The molecule has 0 amide bonds. The van der Waals surface area contributed by atoms with Crippen LogP contribution in [0.15, 0.2) is 12.2 Å². The highest BCUT2D eigenvalue weighted by Gasteiger charge is 2.25. The Hall–Kier alpha value is -1.97. The van der Waals surface area contributed by atoms with Gasteiger partial charge in [0.15, 0.2) is 6.10 Å². The van der Waals surface area contributed by atoms with Crippen LogP contribution in [0.5, 0.6) is 0 Å². The number of hydrogen-bond donors (Lipinski definition) is 1. The molecule has 0 fully saturated rings. The number of allylic oxidation sites excluding steroid dienone is 2. The summed E-state index contributed by atoms with van der Waals surface area (Å²) in [6.45, 7) is 4.87. The fourth-order valence-corrected chi connectivity index (χ4v) is 7.13. The van der Waals surface area contributed by atoms with Crippen LogP contribution in [-0.4, -0.2) is 87.4 Å². The monoisotopic (exact) mass is 839 g/mol. The third-order valence-corrected chi connectivity index (χ3v) is 11.0. The molecule has 0 rings (SSSR count). The molecule has 0 saturated carbocycles. The Kier molecular flexibility index (Phi) is 41.3. The Labute approximate surface area is 364 Å². The summed E-state index contributed by atoms with van der Waals surface area (Å²) in [5, 5.41) is 9.64. The van der Waals surface area contributed by atoms with Gasteiger partial charge in [-0.15, -0.1) is 0 Å². The topological polar surface area (TPSA) is 108 Å². The minimum atomic E-state index is -1.51. The van der Waals surface area contributed by atoms with E-state index in [1.807, 2.05) is 21.1 Å². The van der Waals surface area contributed by atoms with Gasteiger partial charge in [-0.05, 0) is 38.5 Å². The number of unbranched alkanes of at least 4 members (excludes halogenated alkanes) is 29. The van der Waals surface area contributed by atoms with Crippen LogP contribution in [0.25, 0.3) is 0 Å². The number of carbonyl (C=O) groups is 3. The molecule has 0 aromatic heterocycles. The zero-order chi connectivity index (χ0) is 43.5. The van der Waals surface area contributed by atoms with Gasteiger partial charge in [-0.25, -0.2) is 4.79 Å². The summed E-state index contributed by atoms with van der Waals surface area (Å²) in [6, 6.07) is 0. The Balaban J connectivity index is 4.24. The highest BCUT2D eigenvalue weighted by Crippen LogP contribution is 2.16. The van der Waals surface area contributed by atoms with Gasteiger partial charge in [0, 0.05) is 12.8 Å². The molecule has 0 aliphatic rings. The number of rotatable bonds is 46. The van der Waals surface area contributed by atoms with Crippen molar-refractivity contribution in [2.75, 3.05) is 47.5 Å². The molecule has 0 aliphatic carbocycles. The van der Waals surface area contributed by atoms with E-state index in [9.17, 15) is 19.5 Å². The van der Waals surface area contributed by atoms with Crippen molar-refractivity contribution in [1.82, 2.24) is 0 Å². The number of carboxylic acid groups (broad SMARTS) is 1. The third-order valence-electron chi connectivity index (χ3n) is 11.0. The molecule has 1 N–H and O–H groups in total. The maximum Gasteiger partial charge on any atom is 0.361 e. The van der Waals surface area contributed by atoms with E-state index in [0.717, 1.165) is 51.4 Å². The number of quaternary nitrogens is 1. The lowest BCUT2D eigenvalue weighted by atomic mass is 10.0. The summed E-state index contributed by atoms with van der Waals surface area (Å²) in [6.07, 6.45) is 42.8. The van der Waals surface area contributed by atoms with E-state index in [-0.39, 0.29) is 32.2 Å². The number of nitrogens with zero attached hydrogens (tertiary/aromatic N) is 1. The van der Waals surface area contributed by atoms with Crippen molar-refractivity contribution in [1.29, 1.82) is 0 Å². The fraction of sp³-hybridized carbons (Fsp3) is 0.900. The van der Waals surface area contributed by atoms with Crippen molar-refractivity contribution in [2.45, 2.75) is 245 Å². The van der Waals surface area contributed by atoms with Crippen LogP contribution in [0.3, 0.4) is 0 Å². The summed E-state index contributed by atoms with van der Waals surface area (Å²) < 4.78 is 22.8. The van der Waals surface area contributed by atoms with Crippen molar-refractivity contribution in [2.24, 2.45) is 0 Å². The second-order valence-electron chi connectivity index (χ2n) is 18.1. The van der Waals surface area contributed by atoms with Crippen molar-refractivity contribution < 1.29 is 42.9 Å². The summed E-state index contributed by atoms with van der Waals surface area (Å²) in [5.74, 6) is -2.00. The van der Waals surface area contributed by atoms with Gasteiger partial charge < -0.3 is 28.5 Å². The number of likely N-dealkylation sites (N-methyl/N-ethyl adjacent to an activating group) is 1. The smallest absolute Gasteiger partial charge is 0.361 e. The minimum absolute atomic E-state index is 0.180. The summed E-state index contributed by atoms with van der Waals surface area (Å²) in [4.78, 5) is 37.1. The molecular weight excluding hydrogens is 743 g/mol. The molecule has 0 radical (unpaired) electrons. The molecule has 348 valence electrons. The van der Waals surface area contributed by atoms with E-state index in [4.69, 9.17) is 18.9 Å². The molecule has 9 heteroatoms. The lowest BCUT2D eigenvalue weighted by Crippen LogP contribution is -2.40. The predicted molar refractivity (Wildman–Crippen MR) is 245 cm³/mol. The fourth-order valence-electron chi connectivity index (χ4n) is 7.13. The maximum absolute atomic E-state index is 12.7. The second kappa shape index (κ2) is 42.7. The SMILES string of the molecule is CCCCC/C=C\CCCCCCCC(=O)OC(COC(=O)CCCCCCCCCCCCCCCCCCCCCCCC)COC(OCC[N+](C)(C)C)C(=O)O. The Morgan fingerprint density at radius 1 is 0.492 bits per heavy atom. The number of hydrogen-bond acceptors (Lipinski definition) is 7. The van der Waals surface area contributed by atoms with Crippen molar-refractivity contribution >= 4 is 17.9 Å². The standard InChI is InChI=1S/C50H95NO8/c1-6-8-10-12-14-16-18-20-21-22-23-24-25-26-27-28-29-31-32-34-36-38-40-47(52)57-44-46(45-58-50(49(54)55)56-43-42-51(3,4)5)59-48(53)41-39-37-35-33-30-19-17-15-13-11-9-7-2/h15,17,46,50H,6-14,16,18-45H2,1-5H3/p+1/b17-15-.